The van der Waals surface area contributed by atoms with E-state index in [9.17, 15) is 0 Å². The molecule has 1 aliphatic carbocycles. The maximum atomic E-state index is 5.51. The van der Waals surface area contributed by atoms with Gasteiger partial charge in [-0.25, -0.2) is 0 Å². The summed E-state index contributed by atoms with van der Waals surface area (Å²) in [5.74, 6) is 1.18. The average molecular weight is 326 g/mol. The number of aryl methyl sites for hydroxylation is 1. The lowest BCUT2D eigenvalue weighted by Gasteiger charge is -2.22. The quantitative estimate of drug-likeness (QED) is 0.905. The third-order valence-corrected chi connectivity index (χ3v) is 5.13. The summed E-state index contributed by atoms with van der Waals surface area (Å²) in [6, 6.07) is 6.92. The van der Waals surface area contributed by atoms with E-state index in [1.54, 1.807) is 0 Å². The van der Waals surface area contributed by atoms with Crippen LogP contribution in [0.15, 0.2) is 32.7 Å². The third-order valence-electron chi connectivity index (χ3n) is 3.44. The van der Waals surface area contributed by atoms with Gasteiger partial charge in [-0.1, -0.05) is 0 Å². The highest BCUT2D eigenvalue weighted by Gasteiger charge is 2.21. The number of fused-ring (bicyclic) bond motifs is 1. The largest absolute Gasteiger partial charge is 0.469 e. The van der Waals surface area contributed by atoms with E-state index in [0.29, 0.717) is 6.04 Å². The summed E-state index contributed by atoms with van der Waals surface area (Å²) in [6.45, 7) is 1.03. The van der Waals surface area contributed by atoms with Gasteiger partial charge in [-0.05, 0) is 53.4 Å². The van der Waals surface area contributed by atoms with E-state index < -0.39 is 0 Å². The van der Waals surface area contributed by atoms with Crippen molar-refractivity contribution in [2.45, 2.75) is 31.7 Å². The topological polar surface area (TPSA) is 25.2 Å². The Bertz CT molecular complexity index is 519. The first-order valence-corrected chi connectivity index (χ1v) is 7.98. The Hall–Kier alpha value is -0.580. The van der Waals surface area contributed by atoms with Crippen molar-refractivity contribution in [2.24, 2.45) is 0 Å². The first kappa shape index (κ1) is 12.5. The number of thiophene rings is 1. The van der Waals surface area contributed by atoms with E-state index in [-0.39, 0.29) is 0 Å². The van der Waals surface area contributed by atoms with Gasteiger partial charge in [0.25, 0.3) is 0 Å². The van der Waals surface area contributed by atoms with Gasteiger partial charge in [-0.2, -0.15) is 0 Å². The smallest absolute Gasteiger partial charge is 0.108 e. The van der Waals surface area contributed by atoms with Gasteiger partial charge in [-0.3, -0.25) is 0 Å². The van der Waals surface area contributed by atoms with Gasteiger partial charge in [0, 0.05) is 29.4 Å². The molecule has 0 aliphatic heterocycles. The number of nitrogens with one attached hydrogen (secondary N) is 1. The highest BCUT2D eigenvalue weighted by atomic mass is 79.9. The van der Waals surface area contributed by atoms with Gasteiger partial charge in [0.05, 0.1) is 10.0 Å². The molecule has 2 heterocycles. The molecule has 0 saturated heterocycles. The van der Waals surface area contributed by atoms with Crippen LogP contribution < -0.4 is 5.32 Å². The van der Waals surface area contributed by atoms with E-state index in [1.807, 2.05) is 17.6 Å². The second-order valence-corrected chi connectivity index (χ2v) is 7.20. The fourth-order valence-corrected chi connectivity index (χ4v) is 4.04. The van der Waals surface area contributed by atoms with Gasteiger partial charge in [0.1, 0.15) is 5.76 Å². The van der Waals surface area contributed by atoms with E-state index in [2.05, 4.69) is 39.4 Å². The molecule has 2 aromatic rings. The Morgan fingerprint density at radius 3 is 3.17 bits per heavy atom. The second kappa shape index (κ2) is 5.59. The average Bonchev–Trinajstić information content (AvgIpc) is 2.98. The molecule has 96 valence electrons. The van der Waals surface area contributed by atoms with Crippen LogP contribution in [0.3, 0.4) is 0 Å². The van der Waals surface area contributed by atoms with Crippen LogP contribution in [0.2, 0.25) is 0 Å². The van der Waals surface area contributed by atoms with E-state index >= 15 is 0 Å². The van der Waals surface area contributed by atoms with E-state index in [0.717, 1.165) is 19.4 Å². The molecule has 0 aromatic carbocycles. The zero-order chi connectivity index (χ0) is 12.4. The molecule has 1 aliphatic rings. The number of rotatable bonds is 4. The zero-order valence-corrected chi connectivity index (χ0v) is 12.5. The van der Waals surface area contributed by atoms with Crippen molar-refractivity contribution >= 4 is 27.3 Å². The van der Waals surface area contributed by atoms with E-state index in [4.69, 9.17) is 4.42 Å². The lowest BCUT2D eigenvalue weighted by molar-refractivity contribution is 0.413. The molecule has 4 heteroatoms. The van der Waals surface area contributed by atoms with Crippen molar-refractivity contribution in [3.63, 3.8) is 0 Å². The zero-order valence-electron chi connectivity index (χ0n) is 10.1. The first-order chi connectivity index (χ1) is 8.83. The van der Waals surface area contributed by atoms with Crippen LogP contribution in [0.25, 0.3) is 0 Å². The van der Waals surface area contributed by atoms with Crippen LogP contribution in [0, 0.1) is 0 Å². The SMILES string of the molecule is Brc1ccc(CCNC2CCCc3occc32)s1. The summed E-state index contributed by atoms with van der Waals surface area (Å²) in [5, 5.41) is 3.65. The predicted octanol–water partition coefficient (Wildman–Crippen LogP) is 4.31. The molecular formula is C14H16BrNOS. The molecule has 1 atom stereocenters. The highest BCUT2D eigenvalue weighted by molar-refractivity contribution is 9.11. The minimum absolute atomic E-state index is 0.482. The van der Waals surface area contributed by atoms with Gasteiger partial charge >= 0.3 is 0 Å². The Morgan fingerprint density at radius 1 is 1.39 bits per heavy atom. The van der Waals surface area contributed by atoms with Gasteiger partial charge in [-0.15, -0.1) is 11.3 Å². The molecule has 18 heavy (non-hydrogen) atoms. The van der Waals surface area contributed by atoms with Crippen molar-refractivity contribution in [1.82, 2.24) is 5.32 Å². The van der Waals surface area contributed by atoms with Gasteiger partial charge in [0.15, 0.2) is 0 Å². The van der Waals surface area contributed by atoms with Crippen LogP contribution in [-0.2, 0) is 12.8 Å². The van der Waals surface area contributed by atoms with Crippen molar-refractivity contribution in [2.75, 3.05) is 6.54 Å². The normalized spacial score (nSPS) is 18.8. The number of furan rings is 1. The lowest BCUT2D eigenvalue weighted by atomic mass is 9.93. The van der Waals surface area contributed by atoms with Gasteiger partial charge in [0.2, 0.25) is 0 Å². The molecule has 2 nitrogen and oxygen atoms in total. The molecule has 0 bridgehead atoms. The summed E-state index contributed by atoms with van der Waals surface area (Å²) in [5.41, 5.74) is 1.37. The first-order valence-electron chi connectivity index (χ1n) is 6.37. The van der Waals surface area contributed by atoms with Crippen LogP contribution >= 0.6 is 27.3 Å². The fourth-order valence-electron chi connectivity index (χ4n) is 2.55. The molecule has 0 saturated carbocycles. The predicted molar refractivity (Wildman–Crippen MR) is 78.1 cm³/mol. The minimum atomic E-state index is 0.482. The minimum Gasteiger partial charge on any atom is -0.469 e. The summed E-state index contributed by atoms with van der Waals surface area (Å²) in [4.78, 5) is 1.43. The lowest BCUT2D eigenvalue weighted by Crippen LogP contribution is -2.26. The van der Waals surface area contributed by atoms with Crippen molar-refractivity contribution in [1.29, 1.82) is 0 Å². The summed E-state index contributed by atoms with van der Waals surface area (Å²) in [7, 11) is 0. The van der Waals surface area contributed by atoms with Crippen molar-refractivity contribution in [3.8, 4) is 0 Å². The maximum absolute atomic E-state index is 5.51. The molecule has 0 amide bonds. The Labute approximate surface area is 120 Å². The third kappa shape index (κ3) is 2.71. The van der Waals surface area contributed by atoms with Crippen molar-refractivity contribution < 1.29 is 4.42 Å². The second-order valence-electron chi connectivity index (χ2n) is 4.65. The molecular weight excluding hydrogens is 310 g/mol. The van der Waals surface area contributed by atoms with Crippen LogP contribution in [0.4, 0.5) is 0 Å². The number of hydrogen-bond donors (Lipinski definition) is 1. The highest BCUT2D eigenvalue weighted by Crippen LogP contribution is 2.30. The molecule has 0 radical (unpaired) electrons. The van der Waals surface area contributed by atoms with E-state index in [1.165, 1.54) is 32.8 Å². The molecule has 2 aromatic heterocycles. The van der Waals surface area contributed by atoms with Gasteiger partial charge < -0.3 is 9.73 Å². The Morgan fingerprint density at radius 2 is 2.33 bits per heavy atom. The fraction of sp³-hybridized carbons (Fsp3) is 0.429. The molecule has 0 fully saturated rings. The van der Waals surface area contributed by atoms with Crippen LogP contribution in [0.1, 0.15) is 35.1 Å². The van der Waals surface area contributed by atoms with Crippen molar-refractivity contribution in [3.05, 3.63) is 44.4 Å². The standard InChI is InChI=1S/C14H16BrNOS/c15-14-5-4-10(18-14)6-8-16-12-2-1-3-13-11(12)7-9-17-13/h4-5,7,9,12,16H,1-3,6,8H2. The summed E-state index contributed by atoms with van der Waals surface area (Å²) >= 11 is 5.32. The molecule has 3 rings (SSSR count). The Balaban J connectivity index is 1.55. The molecule has 1 unspecified atom stereocenters. The van der Waals surface area contributed by atoms with Crippen LogP contribution in [0.5, 0.6) is 0 Å². The monoisotopic (exact) mass is 325 g/mol. The maximum Gasteiger partial charge on any atom is 0.108 e. The molecule has 1 N–H and O–H groups in total. The van der Waals surface area contributed by atoms with Crippen LogP contribution in [-0.4, -0.2) is 6.54 Å². The number of halogens is 1. The summed E-state index contributed by atoms with van der Waals surface area (Å²) < 4.78 is 6.73. The summed E-state index contributed by atoms with van der Waals surface area (Å²) in [6.07, 6.45) is 6.46. The molecule has 0 spiro atoms. The Kier molecular flexibility index (Phi) is 3.87. The number of hydrogen-bond acceptors (Lipinski definition) is 3.